The third-order valence-electron chi connectivity index (χ3n) is 2.32. The second kappa shape index (κ2) is 7.02. The average Bonchev–Trinajstić information content (AvgIpc) is 2.38. The van der Waals surface area contributed by atoms with Crippen LogP contribution < -0.4 is 0 Å². The number of Topliss-reactive ketones (excluding diaryl/α,β-unsaturated/α-hetero) is 1. The fraction of sp³-hybridized carbons (Fsp3) is 0.0769. The van der Waals surface area contributed by atoms with E-state index in [0.29, 0.717) is 10.6 Å². The Morgan fingerprint density at radius 3 is 2.67 bits per heavy atom. The van der Waals surface area contributed by atoms with Crippen molar-refractivity contribution in [1.29, 1.82) is 0 Å². The Labute approximate surface area is 129 Å². The number of halogens is 3. The maximum atomic E-state index is 12.2. The zero-order chi connectivity index (χ0) is 12.3. The fourth-order valence-corrected chi connectivity index (χ4v) is 2.19. The summed E-state index contributed by atoms with van der Waals surface area (Å²) in [7, 11) is 0. The van der Waals surface area contributed by atoms with E-state index in [1.807, 2.05) is 6.07 Å². The molecular weight excluding hydrogens is 381 g/mol. The monoisotopic (exact) mass is 389 g/mol. The van der Waals surface area contributed by atoms with Gasteiger partial charge in [-0.05, 0) is 23.8 Å². The van der Waals surface area contributed by atoms with Crippen molar-refractivity contribution >= 4 is 50.3 Å². The summed E-state index contributed by atoms with van der Waals surface area (Å²) in [6.07, 6.45) is 3.34. The van der Waals surface area contributed by atoms with Crippen LogP contribution in [-0.4, -0.2) is 10.8 Å². The van der Waals surface area contributed by atoms with Crippen LogP contribution in [0.2, 0.25) is 5.02 Å². The molecule has 1 aromatic heterocycles. The van der Waals surface area contributed by atoms with E-state index in [9.17, 15) is 4.79 Å². The second-order valence-corrected chi connectivity index (χ2v) is 4.88. The zero-order valence-corrected chi connectivity index (χ0v) is 13.3. The number of rotatable bonds is 3. The van der Waals surface area contributed by atoms with Gasteiger partial charge in [-0.3, -0.25) is 9.78 Å². The van der Waals surface area contributed by atoms with Crippen molar-refractivity contribution in [3.05, 3.63) is 64.9 Å². The molecule has 0 radical (unpaired) electrons. The molecule has 0 aliphatic carbocycles. The number of benzene rings is 1. The van der Waals surface area contributed by atoms with Gasteiger partial charge < -0.3 is 0 Å². The molecule has 0 saturated carbocycles. The van der Waals surface area contributed by atoms with Gasteiger partial charge in [-0.15, -0.1) is 17.0 Å². The molecule has 1 unspecified atom stereocenters. The number of carbonyl (C=O) groups is 1. The molecule has 0 fully saturated rings. The summed E-state index contributed by atoms with van der Waals surface area (Å²) in [5, 5.41) is 0.557. The van der Waals surface area contributed by atoms with Crippen LogP contribution in [0.1, 0.15) is 20.7 Å². The van der Waals surface area contributed by atoms with Crippen molar-refractivity contribution in [2.75, 3.05) is 0 Å². The van der Waals surface area contributed by atoms with Crippen LogP contribution in [-0.2, 0) is 0 Å². The topological polar surface area (TPSA) is 30.0 Å². The highest BCUT2D eigenvalue weighted by molar-refractivity contribution is 9.09. The molecular formula is C13H10Br2ClNO. The number of nitrogens with zero attached hydrogens (tertiary/aromatic N) is 1. The SMILES string of the molecule is Br.O=C(c1cccc(Cl)c1)C(Br)c1cccnc1. The van der Waals surface area contributed by atoms with Gasteiger partial charge in [-0.25, -0.2) is 0 Å². The minimum Gasteiger partial charge on any atom is -0.293 e. The third-order valence-corrected chi connectivity index (χ3v) is 3.50. The first-order valence-corrected chi connectivity index (χ1v) is 6.31. The molecule has 2 aromatic rings. The van der Waals surface area contributed by atoms with Crippen molar-refractivity contribution in [2.45, 2.75) is 4.83 Å². The Hall–Kier alpha value is -0.710. The lowest BCUT2D eigenvalue weighted by Crippen LogP contribution is -2.07. The smallest absolute Gasteiger partial charge is 0.180 e. The summed E-state index contributed by atoms with van der Waals surface area (Å²) in [5.41, 5.74) is 1.42. The molecule has 2 rings (SSSR count). The van der Waals surface area contributed by atoms with Crippen molar-refractivity contribution in [1.82, 2.24) is 4.98 Å². The van der Waals surface area contributed by atoms with Crippen molar-refractivity contribution in [3.63, 3.8) is 0 Å². The first-order chi connectivity index (χ1) is 8.18. The van der Waals surface area contributed by atoms with Gasteiger partial charge in [0.05, 0.1) is 0 Å². The number of pyridine rings is 1. The van der Waals surface area contributed by atoms with Crippen molar-refractivity contribution in [2.24, 2.45) is 0 Å². The number of carbonyl (C=O) groups excluding carboxylic acids is 1. The standard InChI is InChI=1S/C13H9BrClNO.BrH/c14-12(10-4-2-6-16-8-10)13(17)9-3-1-5-11(15)7-9;/h1-8,12H;1H. The van der Waals surface area contributed by atoms with Crippen LogP contribution in [0.3, 0.4) is 0 Å². The lowest BCUT2D eigenvalue weighted by molar-refractivity contribution is 0.0991. The van der Waals surface area contributed by atoms with Gasteiger partial charge in [0.2, 0.25) is 0 Å². The van der Waals surface area contributed by atoms with Gasteiger partial charge in [-0.1, -0.05) is 45.7 Å². The molecule has 1 aromatic carbocycles. The van der Waals surface area contributed by atoms with Crippen LogP contribution >= 0.6 is 44.5 Å². The molecule has 1 heterocycles. The molecule has 1 atom stereocenters. The normalized spacial score (nSPS) is 11.4. The fourth-order valence-electron chi connectivity index (χ4n) is 1.47. The molecule has 5 heteroatoms. The Morgan fingerprint density at radius 1 is 1.28 bits per heavy atom. The molecule has 0 N–H and O–H groups in total. The Balaban J connectivity index is 0.00000162. The molecule has 0 amide bonds. The van der Waals surface area contributed by atoms with Gasteiger partial charge in [0.1, 0.15) is 4.83 Å². The highest BCUT2D eigenvalue weighted by atomic mass is 79.9. The molecule has 94 valence electrons. The van der Waals surface area contributed by atoms with Crippen molar-refractivity contribution in [3.8, 4) is 0 Å². The first-order valence-electron chi connectivity index (χ1n) is 5.02. The molecule has 0 bridgehead atoms. The summed E-state index contributed by atoms with van der Waals surface area (Å²) >= 11 is 9.24. The Bertz CT molecular complexity index is 534. The lowest BCUT2D eigenvalue weighted by Gasteiger charge is -2.08. The molecule has 0 spiro atoms. The van der Waals surface area contributed by atoms with E-state index in [1.54, 1.807) is 42.7 Å². The van der Waals surface area contributed by atoms with Crippen LogP contribution in [0.4, 0.5) is 0 Å². The third kappa shape index (κ3) is 3.64. The second-order valence-electron chi connectivity index (χ2n) is 3.52. The van der Waals surface area contributed by atoms with Crippen LogP contribution in [0.15, 0.2) is 48.8 Å². The van der Waals surface area contributed by atoms with Crippen molar-refractivity contribution < 1.29 is 4.79 Å². The summed E-state index contributed by atoms with van der Waals surface area (Å²) in [5.74, 6) is -0.0273. The van der Waals surface area contributed by atoms with Crippen LogP contribution in [0.5, 0.6) is 0 Å². The largest absolute Gasteiger partial charge is 0.293 e. The van der Waals surface area contributed by atoms with E-state index in [2.05, 4.69) is 20.9 Å². The number of aromatic nitrogens is 1. The van der Waals surface area contributed by atoms with Crippen LogP contribution in [0.25, 0.3) is 0 Å². The van der Waals surface area contributed by atoms with Gasteiger partial charge in [0.15, 0.2) is 5.78 Å². The van der Waals surface area contributed by atoms with E-state index in [4.69, 9.17) is 11.6 Å². The maximum Gasteiger partial charge on any atom is 0.180 e. The van der Waals surface area contributed by atoms with Gasteiger partial charge in [0, 0.05) is 23.0 Å². The highest BCUT2D eigenvalue weighted by Gasteiger charge is 2.18. The molecule has 0 aliphatic heterocycles. The molecule has 18 heavy (non-hydrogen) atoms. The quantitative estimate of drug-likeness (QED) is 0.564. The number of hydrogen-bond acceptors (Lipinski definition) is 2. The van der Waals surface area contributed by atoms with E-state index >= 15 is 0 Å². The summed E-state index contributed by atoms with van der Waals surface area (Å²) in [6, 6.07) is 10.6. The minimum absolute atomic E-state index is 0. The Kier molecular flexibility index (Phi) is 5.99. The zero-order valence-electron chi connectivity index (χ0n) is 9.22. The van der Waals surface area contributed by atoms with Gasteiger partial charge in [0.25, 0.3) is 0 Å². The minimum atomic E-state index is -0.394. The van der Waals surface area contributed by atoms with E-state index < -0.39 is 4.83 Å². The van der Waals surface area contributed by atoms with E-state index in [0.717, 1.165) is 5.56 Å². The van der Waals surface area contributed by atoms with Gasteiger partial charge in [-0.2, -0.15) is 0 Å². The summed E-state index contributed by atoms with van der Waals surface area (Å²) < 4.78 is 0. The van der Waals surface area contributed by atoms with E-state index in [-0.39, 0.29) is 22.8 Å². The maximum absolute atomic E-state index is 12.2. The summed E-state index contributed by atoms with van der Waals surface area (Å²) in [6.45, 7) is 0. The average molecular weight is 391 g/mol. The molecule has 2 nitrogen and oxygen atoms in total. The predicted molar refractivity (Wildman–Crippen MR) is 82.0 cm³/mol. The lowest BCUT2D eigenvalue weighted by atomic mass is 10.0. The number of ketones is 1. The number of alkyl halides is 1. The first kappa shape index (κ1) is 15.3. The van der Waals surface area contributed by atoms with E-state index in [1.165, 1.54) is 0 Å². The Morgan fingerprint density at radius 2 is 2.06 bits per heavy atom. The number of hydrogen-bond donors (Lipinski definition) is 0. The van der Waals surface area contributed by atoms with Crippen LogP contribution in [0, 0.1) is 0 Å². The molecule has 0 saturated heterocycles. The van der Waals surface area contributed by atoms with Gasteiger partial charge >= 0.3 is 0 Å². The predicted octanol–water partition coefficient (Wildman–Crippen LogP) is 4.63. The highest BCUT2D eigenvalue weighted by Crippen LogP contribution is 2.27. The molecule has 0 aliphatic rings. The summed E-state index contributed by atoms with van der Waals surface area (Å²) in [4.78, 5) is 15.8.